The summed E-state index contributed by atoms with van der Waals surface area (Å²) in [4.78, 5) is 0. The Morgan fingerprint density at radius 1 is 0.516 bits per heavy atom. The van der Waals surface area contributed by atoms with Gasteiger partial charge in [-0.15, -0.1) is 0 Å². The predicted octanol–water partition coefficient (Wildman–Crippen LogP) is 9.00. The quantitative estimate of drug-likeness (QED) is 0.190. The monoisotopic (exact) mass is 413 g/mol. The lowest BCUT2D eigenvalue weighted by Crippen LogP contribution is -1.85. The van der Waals surface area contributed by atoms with Crippen molar-refractivity contribution in [2.45, 2.75) is 51.9 Å². The molecule has 0 amide bonds. The van der Waals surface area contributed by atoms with Gasteiger partial charge in [-0.2, -0.15) is 20.5 Å². The average Bonchev–Trinajstić information content (AvgIpc) is 2.81. The molecule has 0 aliphatic carbocycles. The van der Waals surface area contributed by atoms with Crippen LogP contribution in [-0.2, 0) is 6.42 Å². The van der Waals surface area contributed by atoms with Crippen LogP contribution in [0, 0.1) is 0 Å². The van der Waals surface area contributed by atoms with Crippen LogP contribution in [-0.4, -0.2) is 0 Å². The van der Waals surface area contributed by atoms with Crippen molar-refractivity contribution in [2.24, 2.45) is 20.5 Å². The summed E-state index contributed by atoms with van der Waals surface area (Å²) in [6.45, 7) is 2.25. The smallest absolute Gasteiger partial charge is 0.0858 e. The minimum Gasteiger partial charge on any atom is -0.399 e. The van der Waals surface area contributed by atoms with E-state index in [1.165, 1.54) is 44.1 Å². The second kappa shape index (κ2) is 12.4. The Kier molecular flexibility index (Phi) is 8.92. The molecule has 0 radical (unpaired) electrons. The number of rotatable bonds is 11. The van der Waals surface area contributed by atoms with Crippen molar-refractivity contribution in [3.05, 3.63) is 78.4 Å². The van der Waals surface area contributed by atoms with Crippen molar-refractivity contribution in [2.75, 3.05) is 5.73 Å². The highest BCUT2D eigenvalue weighted by Gasteiger charge is 1.97. The number of benzene rings is 3. The molecule has 0 spiro atoms. The van der Waals surface area contributed by atoms with E-state index in [0.29, 0.717) is 5.69 Å². The lowest BCUT2D eigenvalue weighted by molar-refractivity contribution is 0.607. The summed E-state index contributed by atoms with van der Waals surface area (Å²) in [6.07, 6.45) is 9.08. The van der Waals surface area contributed by atoms with Gasteiger partial charge in [0, 0.05) is 5.69 Å². The third-order valence-electron chi connectivity index (χ3n) is 5.06. The number of azo groups is 2. The Bertz CT molecular complexity index is 958. The molecule has 0 heterocycles. The molecular weight excluding hydrogens is 382 g/mol. The largest absolute Gasteiger partial charge is 0.399 e. The molecule has 0 aliphatic heterocycles. The van der Waals surface area contributed by atoms with Crippen LogP contribution in [0.2, 0.25) is 0 Å². The minimum atomic E-state index is 0.709. The third kappa shape index (κ3) is 8.13. The number of hydrogen-bond donors (Lipinski definition) is 1. The first-order valence-corrected chi connectivity index (χ1v) is 11.1. The molecule has 0 saturated heterocycles. The van der Waals surface area contributed by atoms with E-state index in [9.17, 15) is 0 Å². The van der Waals surface area contributed by atoms with Crippen LogP contribution in [0.4, 0.5) is 28.4 Å². The molecule has 0 saturated carbocycles. The van der Waals surface area contributed by atoms with E-state index in [0.717, 1.165) is 29.2 Å². The molecule has 0 aliphatic rings. The summed E-state index contributed by atoms with van der Waals surface area (Å²) in [6, 6.07) is 23.2. The standard InChI is InChI=1S/C26H31N5/c1-2-3-4-5-6-7-8-21-9-13-23(14-10-21)28-30-25-17-19-26(20-18-25)31-29-24-15-11-22(27)12-16-24/h9-20H,2-8,27H2,1H3. The third-order valence-corrected chi connectivity index (χ3v) is 5.06. The van der Waals surface area contributed by atoms with Crippen molar-refractivity contribution in [3.8, 4) is 0 Å². The summed E-state index contributed by atoms with van der Waals surface area (Å²) in [5.74, 6) is 0. The zero-order chi connectivity index (χ0) is 21.7. The van der Waals surface area contributed by atoms with E-state index < -0.39 is 0 Å². The fourth-order valence-electron chi connectivity index (χ4n) is 3.20. The zero-order valence-electron chi connectivity index (χ0n) is 18.2. The molecule has 31 heavy (non-hydrogen) atoms. The Balaban J connectivity index is 1.47. The van der Waals surface area contributed by atoms with Crippen LogP contribution >= 0.6 is 0 Å². The van der Waals surface area contributed by atoms with Gasteiger partial charge in [0.05, 0.1) is 22.7 Å². The van der Waals surface area contributed by atoms with E-state index in [2.05, 4.69) is 39.5 Å². The van der Waals surface area contributed by atoms with Gasteiger partial charge >= 0.3 is 0 Å². The van der Waals surface area contributed by atoms with Gasteiger partial charge in [-0.3, -0.25) is 0 Å². The number of anilines is 1. The van der Waals surface area contributed by atoms with Crippen LogP contribution < -0.4 is 5.73 Å². The Hall–Kier alpha value is -3.34. The molecule has 0 bridgehead atoms. The molecule has 160 valence electrons. The summed E-state index contributed by atoms with van der Waals surface area (Å²) >= 11 is 0. The first-order chi connectivity index (χ1) is 15.2. The minimum absolute atomic E-state index is 0.709. The van der Waals surface area contributed by atoms with Crippen molar-refractivity contribution >= 4 is 28.4 Å². The maximum atomic E-state index is 5.67. The molecule has 3 aromatic rings. The molecule has 5 heteroatoms. The lowest BCUT2D eigenvalue weighted by Gasteiger charge is -2.02. The molecule has 3 rings (SSSR count). The van der Waals surface area contributed by atoms with E-state index in [1.54, 1.807) is 12.1 Å². The summed E-state index contributed by atoms with van der Waals surface area (Å²) in [5, 5.41) is 17.1. The normalized spacial score (nSPS) is 11.5. The topological polar surface area (TPSA) is 75.5 Å². The summed E-state index contributed by atoms with van der Waals surface area (Å²) in [5.41, 5.74) is 10.9. The van der Waals surface area contributed by atoms with Crippen molar-refractivity contribution in [3.63, 3.8) is 0 Å². The van der Waals surface area contributed by atoms with Crippen molar-refractivity contribution < 1.29 is 0 Å². The highest BCUT2D eigenvalue weighted by atomic mass is 15.1. The van der Waals surface area contributed by atoms with Gasteiger partial charge < -0.3 is 5.73 Å². The summed E-state index contributed by atoms with van der Waals surface area (Å²) in [7, 11) is 0. The van der Waals surface area contributed by atoms with Crippen molar-refractivity contribution in [1.29, 1.82) is 0 Å². The number of nitrogens with zero attached hydrogens (tertiary/aromatic N) is 4. The molecule has 0 atom stereocenters. The first-order valence-electron chi connectivity index (χ1n) is 11.1. The van der Waals surface area contributed by atoms with E-state index in [1.807, 2.05) is 48.5 Å². The van der Waals surface area contributed by atoms with Crippen LogP contribution in [0.3, 0.4) is 0 Å². The molecule has 0 fully saturated rings. The van der Waals surface area contributed by atoms with Gasteiger partial charge in [-0.05, 0) is 79.1 Å². The van der Waals surface area contributed by atoms with Crippen LogP contribution in [0.25, 0.3) is 0 Å². The fourth-order valence-corrected chi connectivity index (χ4v) is 3.20. The van der Waals surface area contributed by atoms with Gasteiger partial charge in [0.15, 0.2) is 0 Å². The average molecular weight is 414 g/mol. The number of nitrogens with two attached hydrogens (primary N) is 1. The van der Waals surface area contributed by atoms with Crippen molar-refractivity contribution in [1.82, 2.24) is 0 Å². The molecule has 0 unspecified atom stereocenters. The Morgan fingerprint density at radius 3 is 1.39 bits per heavy atom. The number of nitrogen functional groups attached to an aromatic ring is 1. The lowest BCUT2D eigenvalue weighted by atomic mass is 10.0. The molecular formula is C26H31N5. The number of hydrogen-bond acceptors (Lipinski definition) is 5. The van der Waals surface area contributed by atoms with Gasteiger partial charge in [0.1, 0.15) is 0 Å². The van der Waals surface area contributed by atoms with Crippen LogP contribution in [0.15, 0.2) is 93.3 Å². The first kappa shape index (κ1) is 22.3. The maximum Gasteiger partial charge on any atom is 0.0858 e. The van der Waals surface area contributed by atoms with Crippen LogP contribution in [0.5, 0.6) is 0 Å². The molecule has 2 N–H and O–H groups in total. The number of unbranched alkanes of at least 4 members (excludes halogenated alkanes) is 5. The van der Waals surface area contributed by atoms with Gasteiger partial charge in [0.2, 0.25) is 0 Å². The Morgan fingerprint density at radius 2 is 0.903 bits per heavy atom. The molecule has 5 nitrogen and oxygen atoms in total. The summed E-state index contributed by atoms with van der Waals surface area (Å²) < 4.78 is 0. The zero-order valence-corrected chi connectivity index (χ0v) is 18.2. The SMILES string of the molecule is CCCCCCCCc1ccc(N=Nc2ccc(N=Nc3ccc(N)cc3)cc2)cc1. The van der Waals surface area contributed by atoms with Crippen LogP contribution in [0.1, 0.15) is 51.0 Å². The highest BCUT2D eigenvalue weighted by molar-refractivity contribution is 5.50. The highest BCUT2D eigenvalue weighted by Crippen LogP contribution is 2.24. The molecule has 3 aromatic carbocycles. The fraction of sp³-hybridized carbons (Fsp3) is 0.308. The maximum absolute atomic E-state index is 5.67. The second-order valence-corrected chi connectivity index (χ2v) is 7.69. The van der Waals surface area contributed by atoms with E-state index in [4.69, 9.17) is 5.73 Å². The van der Waals surface area contributed by atoms with Gasteiger partial charge in [-0.25, -0.2) is 0 Å². The van der Waals surface area contributed by atoms with Gasteiger partial charge in [0.25, 0.3) is 0 Å². The van der Waals surface area contributed by atoms with Gasteiger partial charge in [-0.1, -0.05) is 51.2 Å². The second-order valence-electron chi connectivity index (χ2n) is 7.69. The van der Waals surface area contributed by atoms with E-state index >= 15 is 0 Å². The number of aryl methyl sites for hydroxylation is 1. The Labute approximate surface area is 185 Å². The molecule has 0 aromatic heterocycles. The van der Waals surface area contributed by atoms with E-state index in [-0.39, 0.29) is 0 Å². The predicted molar refractivity (Wildman–Crippen MR) is 129 cm³/mol.